The van der Waals surface area contributed by atoms with E-state index in [1.165, 1.54) is 0 Å². The number of phenolic OH excluding ortho intramolecular Hbond substituents is 2. The summed E-state index contributed by atoms with van der Waals surface area (Å²) >= 11 is 0. The average molecular weight is 228 g/mol. The van der Waals surface area contributed by atoms with Gasteiger partial charge in [-0.3, -0.25) is 0 Å². The molecule has 0 radical (unpaired) electrons. The van der Waals surface area contributed by atoms with Crippen molar-refractivity contribution < 1.29 is 10.2 Å². The molecule has 0 bridgehead atoms. The SMILES string of the molecule is CC1CC(C)c2c1c(O)c1ccccc1c2O. The molecule has 0 fully saturated rings. The van der Waals surface area contributed by atoms with Gasteiger partial charge in [0.15, 0.2) is 0 Å². The minimum atomic E-state index is 0.315. The van der Waals surface area contributed by atoms with Crippen molar-refractivity contribution in [1.82, 2.24) is 0 Å². The molecular formula is C15H16O2. The first-order valence-corrected chi connectivity index (χ1v) is 6.07. The molecule has 0 aliphatic heterocycles. The quantitative estimate of drug-likeness (QED) is 0.672. The summed E-state index contributed by atoms with van der Waals surface area (Å²) in [7, 11) is 0. The maximum Gasteiger partial charge on any atom is 0.127 e. The number of hydrogen-bond donors (Lipinski definition) is 2. The lowest BCUT2D eigenvalue weighted by molar-refractivity contribution is 0.459. The van der Waals surface area contributed by atoms with Crippen molar-refractivity contribution in [3.63, 3.8) is 0 Å². The molecule has 17 heavy (non-hydrogen) atoms. The normalized spacial score (nSPS) is 22.9. The first-order chi connectivity index (χ1) is 8.11. The first-order valence-electron chi connectivity index (χ1n) is 6.07. The Balaban J connectivity index is 2.49. The summed E-state index contributed by atoms with van der Waals surface area (Å²) in [5.74, 6) is 1.33. The molecule has 0 aromatic heterocycles. The smallest absolute Gasteiger partial charge is 0.127 e. The predicted molar refractivity (Wildman–Crippen MR) is 68.7 cm³/mol. The fraction of sp³-hybridized carbons (Fsp3) is 0.333. The highest BCUT2D eigenvalue weighted by atomic mass is 16.3. The molecule has 2 aromatic carbocycles. The molecule has 3 rings (SSSR count). The molecule has 0 heterocycles. The summed E-state index contributed by atoms with van der Waals surface area (Å²) in [6.45, 7) is 4.21. The van der Waals surface area contributed by atoms with Crippen molar-refractivity contribution >= 4 is 10.8 Å². The van der Waals surface area contributed by atoms with Gasteiger partial charge >= 0.3 is 0 Å². The highest BCUT2D eigenvalue weighted by Crippen LogP contribution is 2.52. The summed E-state index contributed by atoms with van der Waals surface area (Å²) < 4.78 is 0. The Bertz CT molecular complexity index is 549. The van der Waals surface area contributed by atoms with E-state index in [2.05, 4.69) is 13.8 Å². The topological polar surface area (TPSA) is 40.5 Å². The van der Waals surface area contributed by atoms with Crippen LogP contribution in [0.4, 0.5) is 0 Å². The van der Waals surface area contributed by atoms with E-state index in [4.69, 9.17) is 0 Å². The molecule has 0 amide bonds. The monoisotopic (exact) mass is 228 g/mol. The van der Waals surface area contributed by atoms with Crippen LogP contribution in [0, 0.1) is 0 Å². The van der Waals surface area contributed by atoms with E-state index < -0.39 is 0 Å². The predicted octanol–water partition coefficient (Wildman–Crippen LogP) is 3.86. The van der Waals surface area contributed by atoms with E-state index in [0.717, 1.165) is 28.3 Å². The lowest BCUT2D eigenvalue weighted by atomic mass is 9.95. The fourth-order valence-electron chi connectivity index (χ4n) is 3.21. The summed E-state index contributed by atoms with van der Waals surface area (Å²) in [6.07, 6.45) is 0.993. The van der Waals surface area contributed by atoms with Gasteiger partial charge in [0, 0.05) is 21.9 Å². The molecule has 2 unspecified atom stereocenters. The third kappa shape index (κ3) is 1.27. The maximum atomic E-state index is 10.4. The molecule has 0 saturated carbocycles. The molecule has 2 heteroatoms. The first kappa shape index (κ1) is 10.5. The van der Waals surface area contributed by atoms with Crippen molar-refractivity contribution in [2.75, 3.05) is 0 Å². The van der Waals surface area contributed by atoms with E-state index in [-0.39, 0.29) is 0 Å². The Morgan fingerprint density at radius 3 is 1.71 bits per heavy atom. The summed E-state index contributed by atoms with van der Waals surface area (Å²) in [5, 5.41) is 22.3. The number of phenols is 2. The second-order valence-corrected chi connectivity index (χ2v) is 5.11. The van der Waals surface area contributed by atoms with Crippen LogP contribution in [0.25, 0.3) is 10.8 Å². The Labute approximate surface area is 101 Å². The summed E-state index contributed by atoms with van der Waals surface area (Å²) in [6, 6.07) is 7.49. The lowest BCUT2D eigenvalue weighted by Gasteiger charge is -2.14. The molecule has 0 spiro atoms. The van der Waals surface area contributed by atoms with Crippen LogP contribution in [0.1, 0.15) is 43.2 Å². The zero-order valence-electron chi connectivity index (χ0n) is 10.1. The van der Waals surface area contributed by atoms with Crippen LogP contribution in [0.2, 0.25) is 0 Å². The average Bonchev–Trinajstić information content (AvgIpc) is 2.62. The van der Waals surface area contributed by atoms with Gasteiger partial charge in [-0.05, 0) is 18.3 Å². The van der Waals surface area contributed by atoms with Crippen molar-refractivity contribution in [1.29, 1.82) is 0 Å². The van der Waals surface area contributed by atoms with Crippen LogP contribution in [0.3, 0.4) is 0 Å². The minimum absolute atomic E-state index is 0.315. The third-order valence-electron chi connectivity index (χ3n) is 3.93. The maximum absolute atomic E-state index is 10.4. The minimum Gasteiger partial charge on any atom is -0.507 e. The number of fused-ring (bicyclic) bond motifs is 2. The molecular weight excluding hydrogens is 212 g/mol. The standard InChI is InChI=1S/C15H16O2/c1-8-7-9(2)13-12(8)14(16)10-5-3-4-6-11(10)15(13)17/h3-6,8-9,16-17H,7H2,1-2H3. The fourth-order valence-corrected chi connectivity index (χ4v) is 3.21. The van der Waals surface area contributed by atoms with E-state index in [9.17, 15) is 10.2 Å². The number of benzene rings is 2. The number of hydrogen-bond acceptors (Lipinski definition) is 2. The zero-order valence-corrected chi connectivity index (χ0v) is 10.1. The van der Waals surface area contributed by atoms with Crippen molar-refractivity contribution in [2.24, 2.45) is 0 Å². The van der Waals surface area contributed by atoms with E-state index in [1.807, 2.05) is 24.3 Å². The largest absolute Gasteiger partial charge is 0.507 e. The molecule has 1 aliphatic carbocycles. The van der Waals surface area contributed by atoms with Gasteiger partial charge in [0.25, 0.3) is 0 Å². The highest BCUT2D eigenvalue weighted by Gasteiger charge is 2.32. The molecule has 0 saturated heterocycles. The summed E-state index contributed by atoms with van der Waals surface area (Å²) in [4.78, 5) is 0. The van der Waals surface area contributed by atoms with Gasteiger partial charge in [0.05, 0.1) is 0 Å². The van der Waals surface area contributed by atoms with Gasteiger partial charge < -0.3 is 10.2 Å². The van der Waals surface area contributed by atoms with Gasteiger partial charge in [0.2, 0.25) is 0 Å². The molecule has 1 aliphatic rings. The van der Waals surface area contributed by atoms with Crippen LogP contribution in [0.15, 0.2) is 24.3 Å². The Morgan fingerprint density at radius 2 is 1.29 bits per heavy atom. The second kappa shape index (κ2) is 3.39. The van der Waals surface area contributed by atoms with Gasteiger partial charge in [-0.2, -0.15) is 0 Å². The van der Waals surface area contributed by atoms with Crippen LogP contribution >= 0.6 is 0 Å². The molecule has 88 valence electrons. The van der Waals surface area contributed by atoms with Crippen molar-refractivity contribution in [3.05, 3.63) is 35.4 Å². The van der Waals surface area contributed by atoms with Crippen LogP contribution in [0.5, 0.6) is 11.5 Å². The molecule has 2 nitrogen and oxygen atoms in total. The van der Waals surface area contributed by atoms with E-state index in [0.29, 0.717) is 23.3 Å². The van der Waals surface area contributed by atoms with E-state index >= 15 is 0 Å². The molecule has 2 aromatic rings. The van der Waals surface area contributed by atoms with Gasteiger partial charge in [0.1, 0.15) is 11.5 Å². The van der Waals surface area contributed by atoms with Gasteiger partial charge in [-0.25, -0.2) is 0 Å². The Morgan fingerprint density at radius 1 is 0.882 bits per heavy atom. The Hall–Kier alpha value is -1.70. The third-order valence-corrected chi connectivity index (χ3v) is 3.93. The molecule has 2 N–H and O–H groups in total. The van der Waals surface area contributed by atoms with Crippen LogP contribution < -0.4 is 0 Å². The van der Waals surface area contributed by atoms with E-state index in [1.54, 1.807) is 0 Å². The van der Waals surface area contributed by atoms with Crippen LogP contribution in [-0.4, -0.2) is 10.2 Å². The molecule has 2 atom stereocenters. The van der Waals surface area contributed by atoms with Gasteiger partial charge in [-0.1, -0.05) is 38.1 Å². The summed E-state index contributed by atoms with van der Waals surface area (Å²) in [5.41, 5.74) is 1.88. The number of rotatable bonds is 0. The second-order valence-electron chi connectivity index (χ2n) is 5.11. The highest BCUT2D eigenvalue weighted by molar-refractivity contribution is 5.96. The zero-order chi connectivity index (χ0) is 12.2. The lowest BCUT2D eigenvalue weighted by Crippen LogP contribution is -1.91. The van der Waals surface area contributed by atoms with Gasteiger partial charge in [-0.15, -0.1) is 0 Å². The van der Waals surface area contributed by atoms with Crippen molar-refractivity contribution in [2.45, 2.75) is 32.1 Å². The van der Waals surface area contributed by atoms with Crippen molar-refractivity contribution in [3.8, 4) is 11.5 Å². The Kier molecular flexibility index (Phi) is 2.09. The number of aromatic hydroxyl groups is 2. The van der Waals surface area contributed by atoms with Crippen LogP contribution in [-0.2, 0) is 0 Å².